The molecular weight excluding hydrogens is 265 g/mol. The van der Waals surface area contributed by atoms with Crippen molar-refractivity contribution in [3.63, 3.8) is 0 Å². The van der Waals surface area contributed by atoms with Crippen molar-refractivity contribution in [2.75, 3.05) is 26.2 Å². The van der Waals surface area contributed by atoms with E-state index in [4.69, 9.17) is 0 Å². The Morgan fingerprint density at radius 3 is 2.45 bits per heavy atom. The molecule has 1 saturated heterocycles. The van der Waals surface area contributed by atoms with Gasteiger partial charge in [0.2, 0.25) is 0 Å². The maximum Gasteiger partial charge on any atom is 0.166 e. The first-order valence-corrected chi connectivity index (χ1v) is 7.23. The largest absolute Gasteiger partial charge is 0.314 e. The predicted octanol–water partition coefficient (Wildman–Crippen LogP) is 3.24. The van der Waals surface area contributed by atoms with E-state index in [1.165, 1.54) is 0 Å². The van der Waals surface area contributed by atoms with Crippen molar-refractivity contribution in [3.8, 4) is 0 Å². The van der Waals surface area contributed by atoms with Gasteiger partial charge in [-0.3, -0.25) is 4.90 Å². The molecule has 1 atom stereocenters. The Balaban J connectivity index is 2.32. The molecule has 2 rings (SSSR count). The van der Waals surface area contributed by atoms with E-state index in [-0.39, 0.29) is 11.6 Å². The lowest BCUT2D eigenvalue weighted by atomic mass is 9.97. The summed E-state index contributed by atoms with van der Waals surface area (Å²) in [5.74, 6) is -2.66. The number of hydrogen-bond acceptors (Lipinski definition) is 2. The average molecular weight is 286 g/mol. The van der Waals surface area contributed by atoms with Crippen molar-refractivity contribution < 1.29 is 13.2 Å². The number of benzene rings is 1. The van der Waals surface area contributed by atoms with E-state index in [2.05, 4.69) is 5.32 Å². The fourth-order valence-corrected chi connectivity index (χ4v) is 2.75. The second kappa shape index (κ2) is 7.09. The van der Waals surface area contributed by atoms with Crippen LogP contribution in [0.5, 0.6) is 0 Å². The minimum absolute atomic E-state index is 0.111. The SMILES string of the molecule is CCCC[C@@H](c1c(F)ccc(F)c1F)N1CCNCC1. The lowest BCUT2D eigenvalue weighted by Gasteiger charge is -2.35. The molecule has 0 saturated carbocycles. The summed E-state index contributed by atoms with van der Waals surface area (Å²) in [7, 11) is 0. The molecule has 1 N–H and O–H groups in total. The summed E-state index contributed by atoms with van der Waals surface area (Å²) < 4.78 is 41.5. The summed E-state index contributed by atoms with van der Waals surface area (Å²) >= 11 is 0. The van der Waals surface area contributed by atoms with Crippen molar-refractivity contribution in [1.29, 1.82) is 0 Å². The van der Waals surface area contributed by atoms with Crippen LogP contribution in [-0.2, 0) is 0 Å². The van der Waals surface area contributed by atoms with Gasteiger partial charge in [0.25, 0.3) is 0 Å². The van der Waals surface area contributed by atoms with Crippen LogP contribution < -0.4 is 5.32 Å². The van der Waals surface area contributed by atoms with E-state index in [0.29, 0.717) is 6.42 Å². The Bertz CT molecular complexity index is 445. The predicted molar refractivity (Wildman–Crippen MR) is 73.0 cm³/mol. The fraction of sp³-hybridized carbons (Fsp3) is 0.600. The lowest BCUT2D eigenvalue weighted by molar-refractivity contribution is 0.155. The molecule has 0 amide bonds. The second-order valence-corrected chi connectivity index (χ2v) is 5.20. The third-order valence-corrected chi connectivity index (χ3v) is 3.84. The average Bonchev–Trinajstić information content (AvgIpc) is 2.47. The van der Waals surface area contributed by atoms with Gasteiger partial charge in [0, 0.05) is 37.8 Å². The molecule has 0 spiro atoms. The molecule has 0 radical (unpaired) electrons. The first kappa shape index (κ1) is 15.3. The number of nitrogens with one attached hydrogen (secondary N) is 1. The zero-order valence-electron chi connectivity index (χ0n) is 11.8. The molecule has 1 heterocycles. The quantitative estimate of drug-likeness (QED) is 0.836. The smallest absolute Gasteiger partial charge is 0.166 e. The molecule has 0 bridgehead atoms. The van der Waals surface area contributed by atoms with Gasteiger partial charge in [-0.1, -0.05) is 19.8 Å². The molecule has 0 aliphatic carbocycles. The van der Waals surface area contributed by atoms with Crippen LogP contribution in [0.1, 0.15) is 37.8 Å². The zero-order chi connectivity index (χ0) is 14.5. The normalized spacial score (nSPS) is 18.2. The van der Waals surface area contributed by atoms with Crippen molar-refractivity contribution >= 4 is 0 Å². The minimum Gasteiger partial charge on any atom is -0.314 e. The summed E-state index contributed by atoms with van der Waals surface area (Å²) in [5, 5.41) is 3.21. The van der Waals surface area contributed by atoms with E-state index < -0.39 is 17.5 Å². The van der Waals surface area contributed by atoms with Crippen LogP contribution in [0.15, 0.2) is 12.1 Å². The highest BCUT2D eigenvalue weighted by Gasteiger charge is 2.28. The van der Waals surface area contributed by atoms with Crippen molar-refractivity contribution in [1.82, 2.24) is 10.2 Å². The van der Waals surface area contributed by atoms with E-state index in [1.54, 1.807) is 0 Å². The molecule has 1 aliphatic heterocycles. The van der Waals surface area contributed by atoms with Crippen LogP contribution in [0.2, 0.25) is 0 Å². The fourth-order valence-electron chi connectivity index (χ4n) is 2.75. The second-order valence-electron chi connectivity index (χ2n) is 5.20. The monoisotopic (exact) mass is 286 g/mol. The van der Waals surface area contributed by atoms with Crippen LogP contribution in [0.3, 0.4) is 0 Å². The van der Waals surface area contributed by atoms with Crippen LogP contribution >= 0.6 is 0 Å². The van der Waals surface area contributed by atoms with E-state index in [9.17, 15) is 13.2 Å². The Kier molecular flexibility index (Phi) is 5.43. The summed E-state index contributed by atoms with van der Waals surface area (Å²) in [6, 6.07) is 1.49. The van der Waals surface area contributed by atoms with E-state index in [0.717, 1.165) is 51.2 Å². The Labute approximate surface area is 118 Å². The number of piperazine rings is 1. The summed E-state index contributed by atoms with van der Waals surface area (Å²) in [6.07, 6.45) is 2.46. The Morgan fingerprint density at radius 2 is 1.80 bits per heavy atom. The standard InChI is InChI=1S/C15H21F3N2/c1-2-3-4-13(20-9-7-19-8-10-20)14-11(16)5-6-12(17)15(14)18/h5-6,13,19H,2-4,7-10H2,1H3/t13-/m0/s1. The van der Waals surface area contributed by atoms with Gasteiger partial charge in [-0.2, -0.15) is 0 Å². The summed E-state index contributed by atoms with van der Waals surface area (Å²) in [4.78, 5) is 2.05. The number of nitrogens with zero attached hydrogens (tertiary/aromatic N) is 1. The van der Waals surface area contributed by atoms with Crippen molar-refractivity contribution in [2.45, 2.75) is 32.2 Å². The number of unbranched alkanes of at least 4 members (excludes halogenated alkanes) is 1. The zero-order valence-corrected chi connectivity index (χ0v) is 11.8. The van der Waals surface area contributed by atoms with Crippen molar-refractivity contribution in [2.24, 2.45) is 0 Å². The molecule has 20 heavy (non-hydrogen) atoms. The highest BCUT2D eigenvalue weighted by molar-refractivity contribution is 5.25. The van der Waals surface area contributed by atoms with Gasteiger partial charge in [0.1, 0.15) is 5.82 Å². The van der Waals surface area contributed by atoms with Gasteiger partial charge in [-0.05, 0) is 18.6 Å². The molecule has 1 fully saturated rings. The molecule has 0 unspecified atom stereocenters. The lowest BCUT2D eigenvalue weighted by Crippen LogP contribution is -2.45. The van der Waals surface area contributed by atoms with Crippen molar-refractivity contribution in [3.05, 3.63) is 35.1 Å². The third kappa shape index (κ3) is 3.33. The van der Waals surface area contributed by atoms with Gasteiger partial charge in [0.15, 0.2) is 11.6 Å². The highest BCUT2D eigenvalue weighted by atomic mass is 19.2. The topological polar surface area (TPSA) is 15.3 Å². The first-order chi connectivity index (χ1) is 9.65. The van der Waals surface area contributed by atoms with Gasteiger partial charge < -0.3 is 5.32 Å². The summed E-state index contributed by atoms with van der Waals surface area (Å²) in [6.45, 7) is 5.07. The van der Waals surface area contributed by atoms with Crippen LogP contribution in [0, 0.1) is 17.5 Å². The Morgan fingerprint density at radius 1 is 1.15 bits per heavy atom. The van der Waals surface area contributed by atoms with Gasteiger partial charge in [-0.25, -0.2) is 13.2 Å². The first-order valence-electron chi connectivity index (χ1n) is 7.23. The Hall–Kier alpha value is -1.07. The number of rotatable bonds is 5. The molecule has 2 nitrogen and oxygen atoms in total. The number of halogens is 3. The maximum absolute atomic E-state index is 14.0. The molecule has 112 valence electrons. The van der Waals surface area contributed by atoms with Gasteiger partial charge in [0.05, 0.1) is 0 Å². The molecule has 5 heteroatoms. The third-order valence-electron chi connectivity index (χ3n) is 3.84. The molecular formula is C15H21F3N2. The maximum atomic E-state index is 14.0. The van der Waals surface area contributed by atoms with E-state index in [1.807, 2.05) is 11.8 Å². The van der Waals surface area contributed by atoms with Gasteiger partial charge in [-0.15, -0.1) is 0 Å². The van der Waals surface area contributed by atoms with Crippen LogP contribution in [-0.4, -0.2) is 31.1 Å². The molecule has 0 aromatic heterocycles. The molecule has 1 aromatic carbocycles. The summed E-state index contributed by atoms with van der Waals surface area (Å²) in [5.41, 5.74) is -0.111. The van der Waals surface area contributed by atoms with E-state index >= 15 is 0 Å². The van der Waals surface area contributed by atoms with Crippen LogP contribution in [0.4, 0.5) is 13.2 Å². The molecule has 1 aromatic rings. The minimum atomic E-state index is -1.04. The highest BCUT2D eigenvalue weighted by Crippen LogP contribution is 2.31. The van der Waals surface area contributed by atoms with Gasteiger partial charge >= 0.3 is 0 Å². The van der Waals surface area contributed by atoms with Crippen LogP contribution in [0.25, 0.3) is 0 Å². The number of hydrogen-bond donors (Lipinski definition) is 1. The molecule has 1 aliphatic rings.